The average molecular weight is 307 g/mol. The van der Waals surface area contributed by atoms with E-state index in [1.54, 1.807) is 13.2 Å². The number of hydrogen-bond donors (Lipinski definition) is 1. The van der Waals surface area contributed by atoms with E-state index in [1.807, 2.05) is 36.4 Å². The molecule has 2 aromatic carbocycles. The fraction of sp³-hybridized carbons (Fsp3) is 0.250. The maximum absolute atomic E-state index is 12.1. The maximum Gasteiger partial charge on any atom is 0.158 e. The first kappa shape index (κ1) is 15.3. The standard InChI is InChI=1S/C20H21NO2/c1-14-3-7-17(8-4-14)21-18-11-16(12-19(22)13-18)15-5-9-20(23-2)10-6-15/h3-10,13,16,21H,11-12H2,1-2H3. The molecule has 0 bridgehead atoms. The number of benzene rings is 2. The van der Waals surface area contributed by atoms with Gasteiger partial charge in [-0.05, 0) is 49.1 Å². The van der Waals surface area contributed by atoms with Crippen molar-refractivity contribution < 1.29 is 9.53 Å². The van der Waals surface area contributed by atoms with Gasteiger partial charge in [-0.1, -0.05) is 29.8 Å². The normalized spacial score (nSPS) is 17.6. The second kappa shape index (κ2) is 6.69. The quantitative estimate of drug-likeness (QED) is 0.907. The summed E-state index contributed by atoms with van der Waals surface area (Å²) in [6.07, 6.45) is 3.14. The largest absolute Gasteiger partial charge is 0.497 e. The van der Waals surface area contributed by atoms with Crippen LogP contribution in [0.5, 0.6) is 5.75 Å². The predicted molar refractivity (Wildman–Crippen MR) is 92.9 cm³/mol. The number of ether oxygens (including phenoxy) is 1. The van der Waals surface area contributed by atoms with Crippen LogP contribution in [-0.4, -0.2) is 12.9 Å². The van der Waals surface area contributed by atoms with Crippen LogP contribution in [-0.2, 0) is 4.79 Å². The van der Waals surface area contributed by atoms with Crippen LogP contribution in [0.3, 0.4) is 0 Å². The third-order valence-corrected chi connectivity index (χ3v) is 4.19. The Labute approximate surface area is 137 Å². The zero-order chi connectivity index (χ0) is 16.2. The minimum atomic E-state index is 0.173. The SMILES string of the molecule is COc1ccc(C2CC(=O)C=C(Nc3ccc(C)cc3)C2)cc1. The van der Waals surface area contributed by atoms with Crippen molar-refractivity contribution in [3.63, 3.8) is 0 Å². The number of nitrogens with one attached hydrogen (secondary N) is 1. The summed E-state index contributed by atoms with van der Waals surface area (Å²) >= 11 is 0. The summed E-state index contributed by atoms with van der Waals surface area (Å²) in [6, 6.07) is 16.2. The Morgan fingerprint density at radius 2 is 1.70 bits per heavy atom. The smallest absolute Gasteiger partial charge is 0.158 e. The Bertz CT molecular complexity index is 714. The van der Waals surface area contributed by atoms with Crippen LogP contribution in [0.2, 0.25) is 0 Å². The fourth-order valence-corrected chi connectivity index (χ4v) is 2.91. The Kier molecular flexibility index (Phi) is 4.47. The van der Waals surface area contributed by atoms with E-state index in [4.69, 9.17) is 4.74 Å². The first-order valence-electron chi connectivity index (χ1n) is 7.85. The van der Waals surface area contributed by atoms with Crippen molar-refractivity contribution in [2.75, 3.05) is 12.4 Å². The van der Waals surface area contributed by atoms with Crippen LogP contribution >= 0.6 is 0 Å². The van der Waals surface area contributed by atoms with E-state index in [0.717, 1.165) is 23.6 Å². The van der Waals surface area contributed by atoms with Crippen molar-refractivity contribution in [1.82, 2.24) is 0 Å². The molecule has 2 aromatic rings. The molecule has 1 aliphatic rings. The number of rotatable bonds is 4. The molecule has 1 atom stereocenters. The lowest BCUT2D eigenvalue weighted by Crippen LogP contribution is -2.16. The molecular weight excluding hydrogens is 286 g/mol. The summed E-state index contributed by atoms with van der Waals surface area (Å²) < 4.78 is 5.20. The molecule has 0 spiro atoms. The van der Waals surface area contributed by atoms with Gasteiger partial charge in [-0.25, -0.2) is 0 Å². The van der Waals surface area contributed by atoms with Crippen molar-refractivity contribution >= 4 is 11.5 Å². The van der Waals surface area contributed by atoms with E-state index in [2.05, 4.69) is 24.4 Å². The molecule has 0 saturated carbocycles. The second-order valence-corrected chi connectivity index (χ2v) is 6.01. The summed E-state index contributed by atoms with van der Waals surface area (Å²) in [5.74, 6) is 1.22. The number of hydrogen-bond acceptors (Lipinski definition) is 3. The molecule has 23 heavy (non-hydrogen) atoms. The molecule has 0 radical (unpaired) electrons. The van der Waals surface area contributed by atoms with Crippen molar-refractivity contribution in [3.8, 4) is 5.75 Å². The molecule has 1 aliphatic carbocycles. The molecular formula is C20H21NO2. The van der Waals surface area contributed by atoms with Crippen molar-refractivity contribution in [2.24, 2.45) is 0 Å². The van der Waals surface area contributed by atoms with E-state index in [9.17, 15) is 4.79 Å². The second-order valence-electron chi connectivity index (χ2n) is 6.01. The molecule has 1 N–H and O–H groups in total. The lowest BCUT2D eigenvalue weighted by atomic mass is 9.85. The molecule has 3 rings (SSSR count). The Hall–Kier alpha value is -2.55. The van der Waals surface area contributed by atoms with Crippen LogP contribution in [0.4, 0.5) is 5.69 Å². The molecule has 118 valence electrons. The predicted octanol–water partition coefficient (Wildman–Crippen LogP) is 4.45. The van der Waals surface area contributed by atoms with Gasteiger partial charge in [0.05, 0.1) is 7.11 Å². The number of ketones is 1. The van der Waals surface area contributed by atoms with Crippen molar-refractivity contribution in [3.05, 3.63) is 71.4 Å². The van der Waals surface area contributed by atoms with Crippen LogP contribution in [0.15, 0.2) is 60.3 Å². The topological polar surface area (TPSA) is 38.3 Å². The van der Waals surface area contributed by atoms with Crippen molar-refractivity contribution in [1.29, 1.82) is 0 Å². The minimum Gasteiger partial charge on any atom is -0.497 e. The first-order chi connectivity index (χ1) is 11.1. The third-order valence-electron chi connectivity index (χ3n) is 4.19. The van der Waals surface area contributed by atoms with Gasteiger partial charge >= 0.3 is 0 Å². The highest BCUT2D eigenvalue weighted by Crippen LogP contribution is 2.32. The van der Waals surface area contributed by atoms with Crippen LogP contribution in [0.1, 0.15) is 29.9 Å². The minimum absolute atomic E-state index is 0.173. The van der Waals surface area contributed by atoms with E-state index in [0.29, 0.717) is 6.42 Å². The van der Waals surface area contributed by atoms with E-state index in [-0.39, 0.29) is 11.7 Å². The highest BCUT2D eigenvalue weighted by Gasteiger charge is 2.22. The van der Waals surface area contributed by atoms with Gasteiger partial charge in [0.25, 0.3) is 0 Å². The molecule has 0 amide bonds. The number of methoxy groups -OCH3 is 1. The molecule has 0 heterocycles. The van der Waals surface area contributed by atoms with Gasteiger partial charge in [0.2, 0.25) is 0 Å². The Morgan fingerprint density at radius 1 is 1.00 bits per heavy atom. The van der Waals surface area contributed by atoms with Gasteiger partial charge in [-0.2, -0.15) is 0 Å². The lowest BCUT2D eigenvalue weighted by Gasteiger charge is -2.23. The molecule has 0 saturated heterocycles. The van der Waals surface area contributed by atoms with E-state index >= 15 is 0 Å². The zero-order valence-corrected chi connectivity index (χ0v) is 13.5. The molecule has 0 aliphatic heterocycles. The highest BCUT2D eigenvalue weighted by molar-refractivity contribution is 5.92. The van der Waals surface area contributed by atoms with Crippen LogP contribution in [0, 0.1) is 6.92 Å². The third kappa shape index (κ3) is 3.81. The summed E-state index contributed by atoms with van der Waals surface area (Å²) in [5.41, 5.74) is 4.40. The van der Waals surface area contributed by atoms with Crippen LogP contribution in [0.25, 0.3) is 0 Å². The number of anilines is 1. The van der Waals surface area contributed by atoms with E-state index < -0.39 is 0 Å². The van der Waals surface area contributed by atoms with Gasteiger partial charge in [0, 0.05) is 23.9 Å². The number of allylic oxidation sites excluding steroid dienone is 2. The van der Waals surface area contributed by atoms with Gasteiger partial charge in [0.15, 0.2) is 5.78 Å². The maximum atomic E-state index is 12.1. The van der Waals surface area contributed by atoms with Crippen molar-refractivity contribution in [2.45, 2.75) is 25.7 Å². The molecule has 0 aromatic heterocycles. The van der Waals surface area contributed by atoms with Gasteiger partial charge in [-0.3, -0.25) is 4.79 Å². The summed E-state index contributed by atoms with van der Waals surface area (Å²) in [6.45, 7) is 2.06. The molecule has 1 unspecified atom stereocenters. The summed E-state index contributed by atoms with van der Waals surface area (Å²) in [5, 5.41) is 3.38. The van der Waals surface area contributed by atoms with Gasteiger partial charge < -0.3 is 10.1 Å². The van der Waals surface area contributed by atoms with Gasteiger partial charge in [0.1, 0.15) is 5.75 Å². The summed E-state index contributed by atoms with van der Waals surface area (Å²) in [7, 11) is 1.66. The lowest BCUT2D eigenvalue weighted by molar-refractivity contribution is -0.115. The molecule has 0 fully saturated rings. The Balaban J connectivity index is 1.74. The summed E-state index contributed by atoms with van der Waals surface area (Å²) in [4.78, 5) is 12.1. The Morgan fingerprint density at radius 3 is 2.35 bits per heavy atom. The van der Waals surface area contributed by atoms with Gasteiger partial charge in [-0.15, -0.1) is 0 Å². The fourth-order valence-electron chi connectivity index (χ4n) is 2.91. The number of carbonyl (C=O) groups excluding carboxylic acids is 1. The zero-order valence-electron chi connectivity index (χ0n) is 13.5. The average Bonchev–Trinajstić information content (AvgIpc) is 2.56. The molecule has 3 nitrogen and oxygen atoms in total. The molecule has 3 heteroatoms. The number of aryl methyl sites for hydroxylation is 1. The number of carbonyl (C=O) groups is 1. The van der Waals surface area contributed by atoms with E-state index in [1.165, 1.54) is 11.1 Å². The van der Waals surface area contributed by atoms with Crippen LogP contribution < -0.4 is 10.1 Å². The highest BCUT2D eigenvalue weighted by atomic mass is 16.5. The first-order valence-corrected chi connectivity index (χ1v) is 7.85. The monoisotopic (exact) mass is 307 g/mol.